The number of carboxylic acid groups (broad SMARTS) is 1. The van der Waals surface area contributed by atoms with Crippen molar-refractivity contribution in [2.45, 2.75) is 63.3 Å². The first-order valence-corrected chi connectivity index (χ1v) is 10.1. The number of nitrogens with two attached hydrogens (primary N) is 2. The number of guanidine groups is 1. The van der Waals surface area contributed by atoms with Gasteiger partial charge in [-0.3, -0.25) is 9.79 Å². The Morgan fingerprint density at radius 1 is 1.39 bits per heavy atom. The predicted octanol–water partition coefficient (Wildman–Crippen LogP) is 3.25. The van der Waals surface area contributed by atoms with Gasteiger partial charge in [0.15, 0.2) is 5.96 Å². The van der Waals surface area contributed by atoms with Gasteiger partial charge in [0.2, 0.25) is 0 Å². The van der Waals surface area contributed by atoms with Gasteiger partial charge in [0.05, 0.1) is 12.2 Å². The van der Waals surface area contributed by atoms with Crippen molar-refractivity contribution in [3.05, 3.63) is 28.8 Å². The molecule has 3 rings (SSSR count). The molecule has 7 nitrogen and oxygen atoms in total. The first-order chi connectivity index (χ1) is 13.3. The van der Waals surface area contributed by atoms with Crippen LogP contribution in [-0.2, 0) is 9.53 Å². The molecule has 2 aliphatic rings. The van der Waals surface area contributed by atoms with E-state index in [0.717, 1.165) is 37.0 Å². The summed E-state index contributed by atoms with van der Waals surface area (Å²) >= 11 is 6.22. The lowest BCUT2D eigenvalue weighted by Gasteiger charge is -2.50. The predicted molar refractivity (Wildman–Crippen MR) is 108 cm³/mol. The Morgan fingerprint density at radius 3 is 2.89 bits per heavy atom. The maximum atomic E-state index is 11.1. The lowest BCUT2D eigenvalue weighted by atomic mass is 9.72. The molecule has 154 valence electrons. The number of fused-ring (bicyclic) bond motifs is 3. The lowest BCUT2D eigenvalue weighted by Crippen LogP contribution is -2.50. The summed E-state index contributed by atoms with van der Waals surface area (Å²) < 4.78 is 12.8. The van der Waals surface area contributed by atoms with Crippen LogP contribution < -0.4 is 16.2 Å². The van der Waals surface area contributed by atoms with E-state index in [1.807, 2.05) is 19.1 Å². The number of ether oxygens (including phenoxy) is 2. The van der Waals surface area contributed by atoms with Crippen LogP contribution in [0.25, 0.3) is 0 Å². The van der Waals surface area contributed by atoms with Gasteiger partial charge < -0.3 is 26.0 Å². The van der Waals surface area contributed by atoms with Gasteiger partial charge in [0.1, 0.15) is 11.4 Å². The van der Waals surface area contributed by atoms with Gasteiger partial charge in [-0.05, 0) is 57.2 Å². The van der Waals surface area contributed by atoms with Gasteiger partial charge in [-0.15, -0.1) is 0 Å². The summed E-state index contributed by atoms with van der Waals surface area (Å²) in [6.07, 6.45) is 3.93. The van der Waals surface area contributed by atoms with Gasteiger partial charge in [0.25, 0.3) is 0 Å². The largest absolute Gasteiger partial charge is 0.487 e. The fourth-order valence-corrected chi connectivity index (χ4v) is 4.48. The summed E-state index contributed by atoms with van der Waals surface area (Å²) in [4.78, 5) is 15.2. The Morgan fingerprint density at radius 2 is 2.18 bits per heavy atom. The minimum atomic E-state index is -0.822. The minimum absolute atomic E-state index is 0.0601. The monoisotopic (exact) mass is 409 g/mol. The number of rotatable bonds is 7. The van der Waals surface area contributed by atoms with Crippen molar-refractivity contribution in [3.63, 3.8) is 0 Å². The smallest absolute Gasteiger partial charge is 0.303 e. The summed E-state index contributed by atoms with van der Waals surface area (Å²) in [6.45, 7) is 2.58. The van der Waals surface area contributed by atoms with Crippen molar-refractivity contribution in [3.8, 4) is 5.75 Å². The molecule has 28 heavy (non-hydrogen) atoms. The molecule has 0 saturated carbocycles. The van der Waals surface area contributed by atoms with Gasteiger partial charge in [-0.2, -0.15) is 0 Å². The Hall–Kier alpha value is -1.99. The second-order valence-electron chi connectivity index (χ2n) is 7.80. The molecule has 1 saturated heterocycles. The van der Waals surface area contributed by atoms with Crippen molar-refractivity contribution in [2.24, 2.45) is 22.4 Å². The van der Waals surface area contributed by atoms with Crippen LogP contribution in [-0.4, -0.2) is 35.3 Å². The molecule has 0 aliphatic carbocycles. The molecule has 5 N–H and O–H groups in total. The van der Waals surface area contributed by atoms with Crippen LogP contribution in [0.1, 0.15) is 57.1 Å². The number of aliphatic imine (C=N–C) groups is 1. The fraction of sp³-hybridized carbons (Fsp3) is 0.600. The number of hydrogen-bond donors (Lipinski definition) is 3. The number of carbonyl (C=O) groups is 1. The molecule has 1 aromatic carbocycles. The highest BCUT2D eigenvalue weighted by Gasteiger charge is 2.49. The fourth-order valence-electron chi connectivity index (χ4n) is 4.30. The zero-order chi connectivity index (χ0) is 20.3. The molecule has 2 heterocycles. The van der Waals surface area contributed by atoms with Crippen molar-refractivity contribution < 1.29 is 19.4 Å². The molecule has 0 unspecified atom stereocenters. The molecule has 0 aromatic heterocycles. The van der Waals surface area contributed by atoms with E-state index in [-0.39, 0.29) is 30.5 Å². The van der Waals surface area contributed by atoms with Crippen molar-refractivity contribution in [2.75, 3.05) is 6.54 Å². The van der Waals surface area contributed by atoms with Gasteiger partial charge in [-0.25, -0.2) is 0 Å². The average Bonchev–Trinajstić information content (AvgIpc) is 2.64. The highest BCUT2D eigenvalue weighted by molar-refractivity contribution is 6.30. The molecule has 0 bridgehead atoms. The molecule has 1 aromatic rings. The van der Waals surface area contributed by atoms with E-state index in [1.54, 1.807) is 6.07 Å². The lowest BCUT2D eigenvalue weighted by molar-refractivity contribution is -0.162. The number of halogens is 1. The van der Waals surface area contributed by atoms with Crippen LogP contribution >= 0.6 is 11.6 Å². The van der Waals surface area contributed by atoms with Crippen LogP contribution in [0.5, 0.6) is 5.75 Å². The highest BCUT2D eigenvalue weighted by atomic mass is 35.5. The van der Waals surface area contributed by atoms with E-state index >= 15 is 0 Å². The topological polar surface area (TPSA) is 120 Å². The highest BCUT2D eigenvalue weighted by Crippen LogP contribution is 2.52. The summed E-state index contributed by atoms with van der Waals surface area (Å²) in [5.41, 5.74) is 11.1. The standard InChI is InChI=1S/C20H28ClN3O4/c1-20(9-8-17(25)26)15-6-5-13(3-2-10-24-19(22)23)27-18(15)14-11-12(21)4-7-16(14)28-20/h4,7,11,13,15,18H,2-3,5-6,8-10H2,1H3,(H,25,26)(H4,22,23,24)/t13-,15-,18+,20+/m1/s1. The van der Waals surface area contributed by atoms with Crippen LogP contribution in [0.2, 0.25) is 5.02 Å². The minimum Gasteiger partial charge on any atom is -0.487 e. The molecule has 0 radical (unpaired) electrons. The Bertz CT molecular complexity index is 753. The Kier molecular flexibility index (Phi) is 6.35. The summed E-state index contributed by atoms with van der Waals surface area (Å²) in [6, 6.07) is 5.53. The first-order valence-electron chi connectivity index (χ1n) is 9.69. The maximum absolute atomic E-state index is 11.1. The number of benzene rings is 1. The third kappa shape index (κ3) is 4.70. The second kappa shape index (κ2) is 8.57. The zero-order valence-corrected chi connectivity index (χ0v) is 16.8. The Labute approximate surface area is 170 Å². The molecule has 4 atom stereocenters. The van der Waals surface area contributed by atoms with Gasteiger partial charge in [0, 0.05) is 29.5 Å². The normalized spacial score (nSPS) is 28.6. The molecule has 0 spiro atoms. The molecule has 1 fully saturated rings. The Balaban J connectivity index is 1.78. The van der Waals surface area contributed by atoms with Crippen LogP contribution in [0, 0.1) is 5.92 Å². The molecule has 8 heteroatoms. The second-order valence-corrected chi connectivity index (χ2v) is 8.24. The molecule has 0 amide bonds. The third-order valence-electron chi connectivity index (χ3n) is 5.72. The van der Waals surface area contributed by atoms with Gasteiger partial charge in [-0.1, -0.05) is 11.6 Å². The zero-order valence-electron chi connectivity index (χ0n) is 16.1. The van der Waals surface area contributed by atoms with Crippen LogP contribution in [0.3, 0.4) is 0 Å². The van der Waals surface area contributed by atoms with Crippen LogP contribution in [0.4, 0.5) is 0 Å². The average molecular weight is 410 g/mol. The third-order valence-corrected chi connectivity index (χ3v) is 5.96. The number of aliphatic carboxylic acids is 1. The maximum Gasteiger partial charge on any atom is 0.303 e. The quantitative estimate of drug-likeness (QED) is 0.361. The molecular formula is C20H28ClN3O4. The molecular weight excluding hydrogens is 382 g/mol. The van der Waals surface area contributed by atoms with E-state index in [2.05, 4.69) is 4.99 Å². The summed E-state index contributed by atoms with van der Waals surface area (Å²) in [7, 11) is 0. The van der Waals surface area contributed by atoms with E-state index in [9.17, 15) is 4.79 Å². The molecule has 2 aliphatic heterocycles. The summed E-state index contributed by atoms with van der Waals surface area (Å²) in [5.74, 6) is 0.0795. The van der Waals surface area contributed by atoms with Gasteiger partial charge >= 0.3 is 5.97 Å². The number of nitrogens with zero attached hydrogens (tertiary/aromatic N) is 1. The van der Waals surface area contributed by atoms with E-state index in [4.69, 9.17) is 37.6 Å². The first kappa shape index (κ1) is 20.7. The van der Waals surface area contributed by atoms with E-state index in [1.165, 1.54) is 0 Å². The van der Waals surface area contributed by atoms with Crippen molar-refractivity contribution in [1.82, 2.24) is 0 Å². The van der Waals surface area contributed by atoms with Crippen molar-refractivity contribution >= 4 is 23.5 Å². The number of hydrogen-bond acceptors (Lipinski definition) is 4. The van der Waals surface area contributed by atoms with E-state index in [0.29, 0.717) is 18.0 Å². The number of carboxylic acids is 1. The SMILES string of the molecule is C[C@@]1(CCC(=O)O)Oc2ccc(Cl)cc2[C@@H]2O[C@H](CCCN=C(N)N)CC[C@H]21. The summed E-state index contributed by atoms with van der Waals surface area (Å²) in [5, 5.41) is 9.79. The van der Waals surface area contributed by atoms with Crippen molar-refractivity contribution in [1.29, 1.82) is 0 Å². The van der Waals surface area contributed by atoms with E-state index < -0.39 is 11.6 Å². The van der Waals surface area contributed by atoms with Crippen LogP contribution in [0.15, 0.2) is 23.2 Å².